The van der Waals surface area contributed by atoms with Gasteiger partial charge in [0.25, 0.3) is 5.91 Å². The number of likely N-dealkylation sites (N-methyl/N-ethyl adjacent to an activating group) is 1. The van der Waals surface area contributed by atoms with Gasteiger partial charge in [0, 0.05) is 30.6 Å². The van der Waals surface area contributed by atoms with Crippen LogP contribution in [0.15, 0.2) is 60.2 Å². The van der Waals surface area contributed by atoms with E-state index in [1.807, 2.05) is 19.9 Å². The Labute approximate surface area is 280 Å². The van der Waals surface area contributed by atoms with E-state index in [1.54, 1.807) is 50.2 Å². The number of phenols is 1. The van der Waals surface area contributed by atoms with Crippen LogP contribution in [0.3, 0.4) is 0 Å². The summed E-state index contributed by atoms with van der Waals surface area (Å²) < 4.78 is 5.74. The summed E-state index contributed by atoms with van der Waals surface area (Å²) in [6, 6.07) is 9.03. The lowest BCUT2D eigenvalue weighted by Gasteiger charge is -2.35. The number of anilines is 1. The molecule has 0 aromatic heterocycles. The summed E-state index contributed by atoms with van der Waals surface area (Å²) >= 11 is 0. The number of rotatable bonds is 3. The van der Waals surface area contributed by atoms with E-state index in [9.17, 15) is 34.2 Å². The van der Waals surface area contributed by atoms with Gasteiger partial charge in [-0.25, -0.2) is 0 Å². The van der Waals surface area contributed by atoms with Crippen LogP contribution < -0.4 is 16.0 Å². The zero-order valence-corrected chi connectivity index (χ0v) is 28.3. The number of aromatic hydroxyl groups is 1. The highest BCUT2D eigenvalue weighted by Gasteiger charge is 2.49. The number of amides is 4. The van der Waals surface area contributed by atoms with Gasteiger partial charge in [-0.05, 0) is 63.3 Å². The molecule has 2 aliphatic heterocycles. The molecular weight excluding hydrogens is 616 g/mol. The van der Waals surface area contributed by atoms with E-state index in [1.165, 1.54) is 26.1 Å². The Bertz CT molecular complexity index is 1570. The Balaban J connectivity index is 1.74. The molecule has 5 N–H and O–H groups in total. The third kappa shape index (κ3) is 8.41. The number of nitrogens with zero attached hydrogens (tertiary/aromatic N) is 1. The largest absolute Gasteiger partial charge is 0.508 e. The molecule has 0 spiro atoms. The van der Waals surface area contributed by atoms with Crippen LogP contribution in [-0.2, 0) is 34.3 Å². The maximum absolute atomic E-state index is 14.2. The maximum Gasteiger partial charge on any atom is 0.308 e. The molecule has 2 heterocycles. The first-order chi connectivity index (χ1) is 22.6. The lowest BCUT2D eigenvalue weighted by Crippen LogP contribution is -2.56. The number of para-hydroxylation sites is 1. The van der Waals surface area contributed by atoms with Crippen molar-refractivity contribution in [1.82, 2.24) is 15.5 Å². The van der Waals surface area contributed by atoms with E-state index in [2.05, 4.69) is 16.0 Å². The van der Waals surface area contributed by atoms with Crippen LogP contribution in [-0.4, -0.2) is 69.9 Å². The molecule has 0 fully saturated rings. The SMILES string of the molecule is CC1=CC(C)CC(C)OC(=O)CC(c2ccc(O)cc2)NC(=O)C(CC2(O)C(=O)Nc3ccccc32)N(C)C(=O)C(C)NC(=O)C(C)C1. The van der Waals surface area contributed by atoms with Gasteiger partial charge in [-0.15, -0.1) is 0 Å². The number of benzene rings is 2. The minimum absolute atomic E-state index is 0.0172. The molecule has 12 nitrogen and oxygen atoms in total. The van der Waals surface area contributed by atoms with Crippen LogP contribution >= 0.6 is 0 Å². The van der Waals surface area contributed by atoms with E-state index < -0.39 is 65.9 Å². The maximum atomic E-state index is 14.2. The summed E-state index contributed by atoms with van der Waals surface area (Å²) in [7, 11) is 1.36. The number of carbonyl (C=O) groups is 5. The number of phenolic OH excluding ortho intramolecular Hbond substituents is 1. The fraction of sp³-hybridized carbons (Fsp3) is 0.472. The van der Waals surface area contributed by atoms with Gasteiger partial charge >= 0.3 is 5.97 Å². The van der Waals surface area contributed by atoms with Crippen LogP contribution in [0.5, 0.6) is 5.75 Å². The zero-order chi connectivity index (χ0) is 35.3. The highest BCUT2D eigenvalue weighted by molar-refractivity contribution is 6.05. The van der Waals surface area contributed by atoms with Crippen LogP contribution in [0.4, 0.5) is 5.69 Å². The molecule has 2 aromatic carbocycles. The first-order valence-corrected chi connectivity index (χ1v) is 16.3. The quantitative estimate of drug-likeness (QED) is 0.246. The number of esters is 1. The number of allylic oxidation sites excluding steroid dienone is 2. The highest BCUT2D eigenvalue weighted by Crippen LogP contribution is 2.40. The van der Waals surface area contributed by atoms with Crippen molar-refractivity contribution in [3.63, 3.8) is 0 Å². The molecule has 2 aromatic rings. The van der Waals surface area contributed by atoms with E-state index in [0.29, 0.717) is 24.1 Å². The predicted molar refractivity (Wildman–Crippen MR) is 178 cm³/mol. The Kier molecular flexibility index (Phi) is 11.3. The van der Waals surface area contributed by atoms with Crippen LogP contribution in [0.2, 0.25) is 0 Å². The zero-order valence-electron chi connectivity index (χ0n) is 28.3. The van der Waals surface area contributed by atoms with Gasteiger partial charge in [0.05, 0.1) is 18.6 Å². The second kappa shape index (κ2) is 15.0. The van der Waals surface area contributed by atoms with E-state index in [4.69, 9.17) is 4.74 Å². The molecule has 4 rings (SSSR count). The molecule has 0 bridgehead atoms. The summed E-state index contributed by atoms with van der Waals surface area (Å²) in [6.45, 7) is 8.97. The number of carbonyl (C=O) groups excluding carboxylic acids is 5. The number of nitrogens with one attached hydrogen (secondary N) is 3. The van der Waals surface area contributed by atoms with Gasteiger partial charge < -0.3 is 35.8 Å². The Morgan fingerprint density at radius 1 is 0.917 bits per heavy atom. The number of hydrogen-bond acceptors (Lipinski definition) is 8. The van der Waals surface area contributed by atoms with Gasteiger partial charge in [-0.1, -0.05) is 55.8 Å². The lowest BCUT2D eigenvalue weighted by molar-refractivity contribution is -0.150. The first-order valence-electron chi connectivity index (χ1n) is 16.3. The van der Waals surface area contributed by atoms with Crippen LogP contribution in [0, 0.1) is 11.8 Å². The average Bonchev–Trinajstić information content (AvgIpc) is 3.27. The molecular formula is C36H46N4O8. The third-order valence-electron chi connectivity index (χ3n) is 9.00. The third-order valence-corrected chi connectivity index (χ3v) is 9.00. The predicted octanol–water partition coefficient (Wildman–Crippen LogP) is 3.45. The summed E-state index contributed by atoms with van der Waals surface area (Å²) in [6.07, 6.45) is 1.76. The fourth-order valence-corrected chi connectivity index (χ4v) is 6.50. The molecule has 7 unspecified atom stereocenters. The van der Waals surface area contributed by atoms with E-state index >= 15 is 0 Å². The van der Waals surface area contributed by atoms with Crippen LogP contribution in [0.1, 0.15) is 77.5 Å². The van der Waals surface area contributed by atoms with Gasteiger partial charge in [0.1, 0.15) is 17.8 Å². The molecule has 48 heavy (non-hydrogen) atoms. The van der Waals surface area contributed by atoms with Crippen molar-refractivity contribution in [2.45, 2.75) is 90.1 Å². The van der Waals surface area contributed by atoms with Crippen molar-refractivity contribution in [3.05, 3.63) is 71.3 Å². The summed E-state index contributed by atoms with van der Waals surface area (Å²) in [4.78, 5) is 68.7. The molecule has 0 aliphatic carbocycles. The number of fused-ring (bicyclic) bond motifs is 1. The highest BCUT2D eigenvalue weighted by atomic mass is 16.5. The van der Waals surface area contributed by atoms with E-state index in [0.717, 1.165) is 10.5 Å². The molecule has 0 saturated heterocycles. The Morgan fingerprint density at radius 2 is 1.58 bits per heavy atom. The topological polar surface area (TPSA) is 174 Å². The molecule has 0 saturated carbocycles. The average molecular weight is 663 g/mol. The second-order valence-electron chi connectivity index (χ2n) is 13.2. The van der Waals surface area contributed by atoms with Gasteiger partial charge in [0.15, 0.2) is 5.60 Å². The molecule has 258 valence electrons. The van der Waals surface area contributed by atoms with Crippen molar-refractivity contribution >= 4 is 35.3 Å². The molecule has 12 heteroatoms. The van der Waals surface area contributed by atoms with Crippen molar-refractivity contribution in [2.24, 2.45) is 11.8 Å². The van der Waals surface area contributed by atoms with Crippen molar-refractivity contribution in [2.75, 3.05) is 12.4 Å². The summed E-state index contributed by atoms with van der Waals surface area (Å²) in [5.74, 6) is -3.50. The number of aliphatic hydroxyl groups is 1. The van der Waals surface area contributed by atoms with E-state index in [-0.39, 0.29) is 29.6 Å². The number of hydrogen-bond donors (Lipinski definition) is 5. The van der Waals surface area contributed by atoms with Crippen LogP contribution in [0.25, 0.3) is 0 Å². The Morgan fingerprint density at radius 3 is 2.27 bits per heavy atom. The van der Waals surface area contributed by atoms with Crippen molar-refractivity contribution in [1.29, 1.82) is 0 Å². The first kappa shape index (κ1) is 36.1. The van der Waals surface area contributed by atoms with Crippen molar-refractivity contribution < 1.29 is 38.9 Å². The summed E-state index contributed by atoms with van der Waals surface area (Å²) in [5.41, 5.74) is -0.0917. The molecule has 7 atom stereocenters. The minimum Gasteiger partial charge on any atom is -0.508 e. The standard InChI is InChI=1S/C36H46N4O8/c1-20-15-21(2)17-23(4)48-31(42)18-29(25-11-13-26(41)14-12-25)38-33(44)30(40(6)34(45)24(5)37-32(43)22(3)16-20)19-36(47)27-9-7-8-10-28(27)39-35(36)46/h7-15,21-24,29-30,41,47H,16-19H2,1-6H3,(H,37,43)(H,38,44)(H,39,46). The normalized spacial score (nSPS) is 29.7. The lowest BCUT2D eigenvalue weighted by atomic mass is 9.87. The Hall–Kier alpha value is -4.71. The van der Waals surface area contributed by atoms with Gasteiger partial charge in [-0.2, -0.15) is 0 Å². The number of cyclic esters (lactones) is 1. The smallest absolute Gasteiger partial charge is 0.308 e. The monoisotopic (exact) mass is 662 g/mol. The van der Waals surface area contributed by atoms with Gasteiger partial charge in [-0.3, -0.25) is 24.0 Å². The molecule has 4 amide bonds. The molecule has 0 radical (unpaired) electrons. The minimum atomic E-state index is -2.17. The summed E-state index contributed by atoms with van der Waals surface area (Å²) in [5, 5.41) is 29.9. The van der Waals surface area contributed by atoms with Gasteiger partial charge in [0.2, 0.25) is 17.7 Å². The number of ether oxygens (including phenoxy) is 1. The molecule has 2 aliphatic rings. The fourth-order valence-electron chi connectivity index (χ4n) is 6.50. The second-order valence-corrected chi connectivity index (χ2v) is 13.2. The van der Waals surface area contributed by atoms with Crippen molar-refractivity contribution in [3.8, 4) is 5.75 Å².